The van der Waals surface area contributed by atoms with Crippen LogP contribution >= 0.6 is 0 Å². The lowest BCUT2D eigenvalue weighted by molar-refractivity contribution is -0.129. The third kappa shape index (κ3) is 4.04. The largest absolute Gasteiger partial charge is 0.480 e. The summed E-state index contributed by atoms with van der Waals surface area (Å²) < 4.78 is 6.03. The topological polar surface area (TPSA) is 38.3 Å². The minimum Gasteiger partial charge on any atom is -0.480 e. The lowest BCUT2D eigenvalue weighted by Gasteiger charge is -2.28. The van der Waals surface area contributed by atoms with Gasteiger partial charge < -0.3 is 10.1 Å². The maximum Gasteiger partial charge on any atom is 0.261 e. The van der Waals surface area contributed by atoms with Gasteiger partial charge in [0.05, 0.1) is 6.04 Å². The molecule has 3 rings (SSSR count). The minimum absolute atomic E-state index is 0.0239. The summed E-state index contributed by atoms with van der Waals surface area (Å²) in [4.78, 5) is 12.8. The van der Waals surface area contributed by atoms with Gasteiger partial charge in [-0.25, -0.2) is 0 Å². The summed E-state index contributed by atoms with van der Waals surface area (Å²) in [5, 5.41) is 3.21. The Morgan fingerprint density at radius 1 is 1.24 bits per heavy atom. The van der Waals surface area contributed by atoms with Crippen molar-refractivity contribution in [2.45, 2.75) is 58.6 Å². The molecule has 0 unspecified atom stereocenters. The first-order chi connectivity index (χ1) is 12.1. The second-order valence-corrected chi connectivity index (χ2v) is 6.94. The second kappa shape index (κ2) is 7.73. The fourth-order valence-electron chi connectivity index (χ4n) is 3.58. The summed E-state index contributed by atoms with van der Waals surface area (Å²) in [6.45, 7) is 6.06. The quantitative estimate of drug-likeness (QED) is 0.862. The van der Waals surface area contributed by atoms with Crippen LogP contribution in [0.2, 0.25) is 0 Å². The summed E-state index contributed by atoms with van der Waals surface area (Å²) in [6, 6.07) is 14.6. The molecule has 25 heavy (non-hydrogen) atoms. The SMILES string of the molecule is CC[C@H](Oc1ccc(C)cc1C)C(=O)N[C@H]1CCCc2ccccc21. The van der Waals surface area contributed by atoms with E-state index in [0.29, 0.717) is 6.42 Å². The molecular weight excluding hydrogens is 310 g/mol. The average Bonchev–Trinajstić information content (AvgIpc) is 2.61. The van der Waals surface area contributed by atoms with Crippen molar-refractivity contribution in [3.05, 3.63) is 64.7 Å². The van der Waals surface area contributed by atoms with Gasteiger partial charge in [0.15, 0.2) is 6.10 Å². The second-order valence-electron chi connectivity index (χ2n) is 6.94. The van der Waals surface area contributed by atoms with Crippen molar-refractivity contribution in [2.75, 3.05) is 0 Å². The van der Waals surface area contributed by atoms with E-state index in [2.05, 4.69) is 36.5 Å². The molecule has 2 aromatic rings. The van der Waals surface area contributed by atoms with Gasteiger partial charge in [0.2, 0.25) is 0 Å². The van der Waals surface area contributed by atoms with Crippen molar-refractivity contribution in [1.82, 2.24) is 5.32 Å². The van der Waals surface area contributed by atoms with Crippen LogP contribution in [0, 0.1) is 13.8 Å². The lowest BCUT2D eigenvalue weighted by Crippen LogP contribution is -2.41. The maximum absolute atomic E-state index is 12.8. The van der Waals surface area contributed by atoms with Gasteiger partial charge in [-0.15, -0.1) is 0 Å². The maximum atomic E-state index is 12.8. The average molecular weight is 337 g/mol. The fourth-order valence-corrected chi connectivity index (χ4v) is 3.58. The zero-order valence-corrected chi connectivity index (χ0v) is 15.3. The van der Waals surface area contributed by atoms with Gasteiger partial charge in [-0.05, 0) is 62.3 Å². The van der Waals surface area contributed by atoms with Crippen LogP contribution in [0.15, 0.2) is 42.5 Å². The Balaban J connectivity index is 1.71. The number of amides is 1. The van der Waals surface area contributed by atoms with Gasteiger partial charge >= 0.3 is 0 Å². The van der Waals surface area contributed by atoms with Gasteiger partial charge in [0.25, 0.3) is 5.91 Å². The Kier molecular flexibility index (Phi) is 5.42. The molecule has 0 aromatic heterocycles. The van der Waals surface area contributed by atoms with E-state index in [1.54, 1.807) is 0 Å². The number of hydrogen-bond acceptors (Lipinski definition) is 2. The molecule has 132 valence electrons. The molecule has 2 aromatic carbocycles. The molecule has 1 aliphatic carbocycles. The Hall–Kier alpha value is -2.29. The first-order valence-corrected chi connectivity index (χ1v) is 9.20. The van der Waals surface area contributed by atoms with E-state index < -0.39 is 6.10 Å². The molecule has 0 saturated heterocycles. The van der Waals surface area contributed by atoms with Crippen molar-refractivity contribution >= 4 is 5.91 Å². The Labute approximate surface area is 150 Å². The molecule has 3 nitrogen and oxygen atoms in total. The molecule has 3 heteroatoms. The number of aryl methyl sites for hydroxylation is 3. The third-order valence-electron chi connectivity index (χ3n) is 4.95. The number of nitrogens with one attached hydrogen (secondary N) is 1. The van der Waals surface area contributed by atoms with Crippen molar-refractivity contribution in [3.63, 3.8) is 0 Å². The highest BCUT2D eigenvalue weighted by atomic mass is 16.5. The van der Waals surface area contributed by atoms with Crippen LogP contribution in [-0.2, 0) is 11.2 Å². The van der Waals surface area contributed by atoms with Gasteiger partial charge in [-0.2, -0.15) is 0 Å². The minimum atomic E-state index is -0.463. The third-order valence-corrected chi connectivity index (χ3v) is 4.95. The van der Waals surface area contributed by atoms with Crippen LogP contribution in [0.25, 0.3) is 0 Å². The highest BCUT2D eigenvalue weighted by Crippen LogP contribution is 2.30. The number of carbonyl (C=O) groups excluding carboxylic acids is 1. The summed E-state index contributed by atoms with van der Waals surface area (Å²) in [5.74, 6) is 0.765. The Morgan fingerprint density at radius 3 is 2.80 bits per heavy atom. The molecular formula is C22H27NO2. The molecule has 0 aliphatic heterocycles. The van der Waals surface area contributed by atoms with Crippen LogP contribution in [0.3, 0.4) is 0 Å². The van der Waals surface area contributed by atoms with Gasteiger partial charge in [-0.3, -0.25) is 4.79 Å². The summed E-state index contributed by atoms with van der Waals surface area (Å²) in [5.41, 5.74) is 4.86. The number of ether oxygens (including phenoxy) is 1. The van der Waals surface area contributed by atoms with E-state index in [1.807, 2.05) is 32.0 Å². The highest BCUT2D eigenvalue weighted by molar-refractivity contribution is 5.81. The molecule has 1 amide bonds. The smallest absolute Gasteiger partial charge is 0.261 e. The molecule has 1 N–H and O–H groups in total. The van der Waals surface area contributed by atoms with Crippen molar-refractivity contribution in [2.24, 2.45) is 0 Å². The van der Waals surface area contributed by atoms with E-state index in [-0.39, 0.29) is 11.9 Å². The van der Waals surface area contributed by atoms with Gasteiger partial charge in [0, 0.05) is 0 Å². The van der Waals surface area contributed by atoms with E-state index in [4.69, 9.17) is 4.74 Å². The first-order valence-electron chi connectivity index (χ1n) is 9.20. The standard InChI is InChI=1S/C22H27NO2/c1-4-20(25-21-13-12-15(2)14-16(21)3)22(24)23-19-11-7-9-17-8-5-6-10-18(17)19/h5-6,8,10,12-14,19-20H,4,7,9,11H2,1-3H3,(H,23,24)/t19-,20-/m0/s1. The molecule has 0 radical (unpaired) electrons. The number of carbonyl (C=O) groups is 1. The van der Waals surface area contributed by atoms with Crippen molar-refractivity contribution in [3.8, 4) is 5.75 Å². The van der Waals surface area contributed by atoms with E-state index >= 15 is 0 Å². The number of fused-ring (bicyclic) bond motifs is 1. The Morgan fingerprint density at radius 2 is 2.04 bits per heavy atom. The van der Waals surface area contributed by atoms with E-state index in [9.17, 15) is 4.79 Å². The monoisotopic (exact) mass is 337 g/mol. The normalized spacial score (nSPS) is 17.5. The first kappa shape index (κ1) is 17.5. The molecule has 0 fully saturated rings. The number of benzene rings is 2. The van der Waals surface area contributed by atoms with Crippen molar-refractivity contribution in [1.29, 1.82) is 0 Å². The molecule has 1 aliphatic rings. The summed E-state index contributed by atoms with van der Waals surface area (Å²) >= 11 is 0. The van der Waals surface area contributed by atoms with E-state index in [0.717, 1.165) is 30.6 Å². The molecule has 0 spiro atoms. The van der Waals surface area contributed by atoms with Gasteiger partial charge in [-0.1, -0.05) is 48.9 Å². The van der Waals surface area contributed by atoms with Crippen LogP contribution in [-0.4, -0.2) is 12.0 Å². The van der Waals surface area contributed by atoms with Crippen LogP contribution in [0.1, 0.15) is 54.5 Å². The van der Waals surface area contributed by atoms with Crippen molar-refractivity contribution < 1.29 is 9.53 Å². The molecule has 0 bridgehead atoms. The summed E-state index contributed by atoms with van der Waals surface area (Å²) in [6.07, 6.45) is 3.38. The number of rotatable bonds is 5. The van der Waals surface area contributed by atoms with Crippen LogP contribution in [0.4, 0.5) is 0 Å². The molecule has 0 saturated carbocycles. The summed E-state index contributed by atoms with van der Waals surface area (Å²) in [7, 11) is 0. The Bertz CT molecular complexity index is 753. The fraction of sp³-hybridized carbons (Fsp3) is 0.409. The van der Waals surface area contributed by atoms with Gasteiger partial charge in [0.1, 0.15) is 5.75 Å². The molecule has 2 atom stereocenters. The number of hydrogen-bond donors (Lipinski definition) is 1. The van der Waals surface area contributed by atoms with E-state index in [1.165, 1.54) is 16.7 Å². The predicted octanol–water partition coefficient (Wildman–Crippen LogP) is 4.65. The predicted molar refractivity (Wildman–Crippen MR) is 101 cm³/mol. The lowest BCUT2D eigenvalue weighted by atomic mass is 9.87. The van der Waals surface area contributed by atoms with Crippen LogP contribution in [0.5, 0.6) is 5.75 Å². The highest BCUT2D eigenvalue weighted by Gasteiger charge is 2.26. The van der Waals surface area contributed by atoms with Crippen LogP contribution < -0.4 is 10.1 Å². The zero-order chi connectivity index (χ0) is 17.8. The molecule has 0 heterocycles. The zero-order valence-electron chi connectivity index (χ0n) is 15.3.